The lowest BCUT2D eigenvalue weighted by Crippen LogP contribution is -2.45. The number of aromatic carboxylic acids is 1. The largest absolute Gasteiger partial charge is 0.476 e. The molecule has 2 rings (SSSR count). The number of carboxylic acids is 1. The van der Waals surface area contributed by atoms with Gasteiger partial charge in [-0.1, -0.05) is 0 Å². The number of hydrogen-bond acceptors (Lipinski definition) is 5. The molecule has 0 amide bonds. The first-order valence-corrected chi connectivity index (χ1v) is 6.56. The average Bonchev–Trinajstić information content (AvgIpc) is 2.78. The van der Waals surface area contributed by atoms with Gasteiger partial charge in [0.2, 0.25) is 0 Å². The van der Waals surface area contributed by atoms with E-state index in [9.17, 15) is 4.79 Å². The van der Waals surface area contributed by atoms with E-state index in [2.05, 4.69) is 28.9 Å². The Kier molecular flexibility index (Phi) is 3.63. The molecule has 1 fully saturated rings. The average molecular weight is 255 g/mol. The SMILES string of the molecule is CN(C)C1CCCN(c2nc(C(=O)O)cs2)C1. The van der Waals surface area contributed by atoms with Crippen LogP contribution in [-0.4, -0.2) is 54.2 Å². The van der Waals surface area contributed by atoms with Crippen molar-refractivity contribution in [2.75, 3.05) is 32.1 Å². The molecule has 94 valence electrons. The van der Waals surface area contributed by atoms with E-state index >= 15 is 0 Å². The maximum Gasteiger partial charge on any atom is 0.355 e. The molecule has 0 radical (unpaired) electrons. The van der Waals surface area contributed by atoms with Crippen LogP contribution in [0.2, 0.25) is 0 Å². The third-order valence-corrected chi connectivity index (χ3v) is 4.01. The summed E-state index contributed by atoms with van der Waals surface area (Å²) in [6.07, 6.45) is 2.32. The third kappa shape index (κ3) is 2.76. The molecule has 0 spiro atoms. The van der Waals surface area contributed by atoms with Gasteiger partial charge in [0, 0.05) is 24.5 Å². The van der Waals surface area contributed by atoms with E-state index in [1.807, 2.05) is 0 Å². The van der Waals surface area contributed by atoms with Crippen LogP contribution in [0.3, 0.4) is 0 Å². The van der Waals surface area contributed by atoms with Crippen LogP contribution in [-0.2, 0) is 0 Å². The van der Waals surface area contributed by atoms with Gasteiger partial charge in [0.1, 0.15) is 0 Å². The molecular formula is C11H17N3O2S. The molecule has 17 heavy (non-hydrogen) atoms. The summed E-state index contributed by atoms with van der Waals surface area (Å²) in [5, 5.41) is 11.3. The molecule has 0 aromatic carbocycles. The Bertz CT molecular complexity index is 405. The highest BCUT2D eigenvalue weighted by Gasteiger charge is 2.23. The van der Waals surface area contributed by atoms with E-state index in [1.165, 1.54) is 17.8 Å². The number of rotatable bonds is 3. The molecule has 6 heteroatoms. The highest BCUT2D eigenvalue weighted by atomic mass is 32.1. The molecule has 5 nitrogen and oxygen atoms in total. The molecule has 1 aromatic heterocycles. The third-order valence-electron chi connectivity index (χ3n) is 3.11. The van der Waals surface area contributed by atoms with Gasteiger partial charge in [0.05, 0.1) is 0 Å². The molecule has 1 N–H and O–H groups in total. The molecule has 2 heterocycles. The van der Waals surface area contributed by atoms with Gasteiger partial charge >= 0.3 is 5.97 Å². The van der Waals surface area contributed by atoms with Crippen molar-refractivity contribution >= 4 is 22.4 Å². The van der Waals surface area contributed by atoms with Crippen molar-refractivity contribution in [1.29, 1.82) is 0 Å². The molecule has 1 aliphatic rings. The normalized spacial score (nSPS) is 20.9. The number of aromatic nitrogens is 1. The van der Waals surface area contributed by atoms with Crippen LogP contribution in [0.1, 0.15) is 23.3 Å². The summed E-state index contributed by atoms with van der Waals surface area (Å²) in [5.41, 5.74) is 0.150. The van der Waals surface area contributed by atoms with E-state index in [0.717, 1.165) is 24.6 Å². The number of carboxylic acid groups (broad SMARTS) is 1. The van der Waals surface area contributed by atoms with Gasteiger partial charge in [-0.25, -0.2) is 9.78 Å². The zero-order valence-electron chi connectivity index (χ0n) is 10.1. The van der Waals surface area contributed by atoms with Crippen molar-refractivity contribution in [1.82, 2.24) is 9.88 Å². The Morgan fingerprint density at radius 2 is 2.41 bits per heavy atom. The van der Waals surface area contributed by atoms with Crippen molar-refractivity contribution in [2.45, 2.75) is 18.9 Å². The summed E-state index contributed by atoms with van der Waals surface area (Å²) in [6.45, 7) is 1.90. The van der Waals surface area contributed by atoms with Crippen LogP contribution < -0.4 is 4.90 Å². The molecule has 1 aliphatic heterocycles. The molecule has 0 aliphatic carbocycles. The van der Waals surface area contributed by atoms with Crippen molar-refractivity contribution in [3.8, 4) is 0 Å². The van der Waals surface area contributed by atoms with Crippen LogP contribution in [0.4, 0.5) is 5.13 Å². The van der Waals surface area contributed by atoms with Crippen molar-refractivity contribution < 1.29 is 9.90 Å². The summed E-state index contributed by atoms with van der Waals surface area (Å²) < 4.78 is 0. The van der Waals surface area contributed by atoms with Gasteiger partial charge in [0.15, 0.2) is 10.8 Å². The number of piperidine rings is 1. The molecule has 0 bridgehead atoms. The molecule has 0 saturated carbocycles. The van der Waals surface area contributed by atoms with E-state index in [4.69, 9.17) is 5.11 Å². The standard InChI is InChI=1S/C11H17N3O2S/c1-13(2)8-4-3-5-14(6-8)11-12-9(7-17-11)10(15)16/h7-8H,3-6H2,1-2H3,(H,15,16). The fourth-order valence-electron chi connectivity index (χ4n) is 2.06. The fourth-order valence-corrected chi connectivity index (χ4v) is 2.89. The second-order valence-electron chi connectivity index (χ2n) is 4.53. The number of hydrogen-bond donors (Lipinski definition) is 1. The second kappa shape index (κ2) is 5.01. The minimum Gasteiger partial charge on any atom is -0.476 e. The maximum atomic E-state index is 10.8. The number of carbonyl (C=O) groups is 1. The molecule has 1 aromatic rings. The minimum absolute atomic E-state index is 0.150. The Hall–Kier alpha value is -1.14. The first-order chi connectivity index (χ1) is 8.08. The van der Waals surface area contributed by atoms with Crippen LogP contribution in [0, 0.1) is 0 Å². The number of anilines is 1. The number of likely N-dealkylation sites (N-methyl/N-ethyl adjacent to an activating group) is 1. The number of thiazole rings is 1. The predicted octanol–water partition coefficient (Wildman–Crippen LogP) is 1.37. The van der Waals surface area contributed by atoms with Crippen molar-refractivity contribution in [2.24, 2.45) is 0 Å². The summed E-state index contributed by atoms with van der Waals surface area (Å²) in [6, 6.07) is 0.529. The molecule has 1 unspecified atom stereocenters. The van der Waals surface area contributed by atoms with Gasteiger partial charge in [-0.15, -0.1) is 11.3 Å². The highest BCUT2D eigenvalue weighted by molar-refractivity contribution is 7.13. The molecular weight excluding hydrogens is 238 g/mol. The predicted molar refractivity (Wildman–Crippen MR) is 68.0 cm³/mol. The van der Waals surface area contributed by atoms with Gasteiger partial charge in [-0.2, -0.15) is 0 Å². The lowest BCUT2D eigenvalue weighted by atomic mass is 10.1. The summed E-state index contributed by atoms with van der Waals surface area (Å²) in [7, 11) is 4.16. The monoisotopic (exact) mass is 255 g/mol. The quantitative estimate of drug-likeness (QED) is 0.884. The lowest BCUT2D eigenvalue weighted by Gasteiger charge is -2.35. The van der Waals surface area contributed by atoms with Gasteiger partial charge in [-0.3, -0.25) is 0 Å². The smallest absolute Gasteiger partial charge is 0.355 e. The summed E-state index contributed by atoms with van der Waals surface area (Å²) in [5.74, 6) is -0.950. The van der Waals surface area contributed by atoms with Gasteiger partial charge in [0.25, 0.3) is 0 Å². The van der Waals surface area contributed by atoms with Gasteiger partial charge < -0.3 is 14.9 Å². The van der Waals surface area contributed by atoms with Crippen LogP contribution in [0.5, 0.6) is 0 Å². The topological polar surface area (TPSA) is 56.7 Å². The molecule has 1 atom stereocenters. The van der Waals surface area contributed by atoms with Crippen LogP contribution >= 0.6 is 11.3 Å². The summed E-state index contributed by atoms with van der Waals surface area (Å²) in [4.78, 5) is 19.3. The Balaban J connectivity index is 2.08. The van der Waals surface area contributed by atoms with Gasteiger partial charge in [-0.05, 0) is 26.9 Å². The highest BCUT2D eigenvalue weighted by Crippen LogP contribution is 2.25. The first-order valence-electron chi connectivity index (χ1n) is 5.68. The minimum atomic E-state index is -0.950. The lowest BCUT2D eigenvalue weighted by molar-refractivity contribution is 0.0691. The fraction of sp³-hybridized carbons (Fsp3) is 0.636. The van der Waals surface area contributed by atoms with Crippen molar-refractivity contribution in [3.63, 3.8) is 0 Å². The zero-order chi connectivity index (χ0) is 12.4. The van der Waals surface area contributed by atoms with Crippen molar-refractivity contribution in [3.05, 3.63) is 11.1 Å². The maximum absolute atomic E-state index is 10.8. The Morgan fingerprint density at radius 3 is 3.00 bits per heavy atom. The van der Waals surface area contributed by atoms with E-state index < -0.39 is 5.97 Å². The Morgan fingerprint density at radius 1 is 1.65 bits per heavy atom. The van der Waals surface area contributed by atoms with Crippen LogP contribution in [0.25, 0.3) is 0 Å². The molecule has 1 saturated heterocycles. The number of nitrogens with zero attached hydrogens (tertiary/aromatic N) is 3. The Labute approximate surface area is 105 Å². The first kappa shape index (κ1) is 12.3. The second-order valence-corrected chi connectivity index (χ2v) is 5.36. The zero-order valence-corrected chi connectivity index (χ0v) is 10.9. The van der Waals surface area contributed by atoms with E-state index in [1.54, 1.807) is 5.38 Å². The van der Waals surface area contributed by atoms with Crippen LogP contribution in [0.15, 0.2) is 5.38 Å². The summed E-state index contributed by atoms with van der Waals surface area (Å²) >= 11 is 1.41. The van der Waals surface area contributed by atoms with E-state index in [0.29, 0.717) is 6.04 Å². The van der Waals surface area contributed by atoms with E-state index in [-0.39, 0.29) is 5.69 Å².